The van der Waals surface area contributed by atoms with E-state index in [2.05, 4.69) is 55.6 Å². The minimum absolute atomic E-state index is 0.887. The van der Waals surface area contributed by atoms with Gasteiger partial charge in [-0.25, -0.2) is 0 Å². The van der Waals surface area contributed by atoms with Gasteiger partial charge in [-0.15, -0.1) is 0 Å². The molecule has 2 aromatic rings. The van der Waals surface area contributed by atoms with Crippen molar-refractivity contribution in [1.29, 1.82) is 0 Å². The van der Waals surface area contributed by atoms with Crippen LogP contribution in [-0.4, -0.2) is 7.05 Å². The number of rotatable bonds is 7. The molecule has 0 aromatic heterocycles. The highest BCUT2D eigenvalue weighted by molar-refractivity contribution is 5.38. The first kappa shape index (κ1) is 15.6. The van der Waals surface area contributed by atoms with E-state index in [1.54, 1.807) is 0 Å². The molecule has 2 rings (SSSR count). The Kier molecular flexibility index (Phi) is 5.82. The fraction of sp³-hybridized carbons (Fsp3) is 0.368. The van der Waals surface area contributed by atoms with Gasteiger partial charge in [-0.3, -0.25) is 0 Å². The van der Waals surface area contributed by atoms with Crippen LogP contribution in [0.3, 0.4) is 0 Å². The smallest absolute Gasteiger partial charge is 0.127 e. The first-order valence-electron chi connectivity index (χ1n) is 7.74. The summed E-state index contributed by atoms with van der Waals surface area (Å²) in [6, 6.07) is 14.7. The molecular weight excluding hydrogens is 258 g/mol. The fourth-order valence-corrected chi connectivity index (χ4v) is 2.36. The second kappa shape index (κ2) is 7.84. The summed E-state index contributed by atoms with van der Waals surface area (Å²) < 4.78 is 5.93. The van der Waals surface area contributed by atoms with Crippen molar-refractivity contribution >= 4 is 0 Å². The zero-order chi connectivity index (χ0) is 15.1. The van der Waals surface area contributed by atoms with E-state index in [9.17, 15) is 0 Å². The number of unbranched alkanes of at least 4 members (excludes halogenated alkanes) is 1. The lowest BCUT2D eigenvalue weighted by Crippen LogP contribution is -2.06. The Morgan fingerprint density at radius 1 is 1.00 bits per heavy atom. The van der Waals surface area contributed by atoms with Gasteiger partial charge in [0.15, 0.2) is 0 Å². The number of hydrogen-bond donors (Lipinski definition) is 1. The molecule has 0 fully saturated rings. The molecule has 2 aromatic carbocycles. The Hall–Kier alpha value is -1.80. The summed E-state index contributed by atoms with van der Waals surface area (Å²) in [4.78, 5) is 0. The molecule has 0 bridgehead atoms. The molecule has 21 heavy (non-hydrogen) atoms. The van der Waals surface area contributed by atoms with Gasteiger partial charge in [0.1, 0.15) is 11.5 Å². The van der Waals surface area contributed by atoms with Crippen LogP contribution in [0, 0.1) is 6.92 Å². The largest absolute Gasteiger partial charge is 0.457 e. The van der Waals surface area contributed by atoms with Crippen LogP contribution in [0.25, 0.3) is 0 Å². The molecular formula is C19H25NO. The van der Waals surface area contributed by atoms with Gasteiger partial charge in [0.05, 0.1) is 0 Å². The van der Waals surface area contributed by atoms with Crippen molar-refractivity contribution in [3.05, 3.63) is 59.2 Å². The summed E-state index contributed by atoms with van der Waals surface area (Å²) in [5.74, 6) is 1.80. The van der Waals surface area contributed by atoms with E-state index in [0.29, 0.717) is 0 Å². The molecule has 112 valence electrons. The van der Waals surface area contributed by atoms with Crippen molar-refractivity contribution in [3.8, 4) is 11.5 Å². The Morgan fingerprint density at radius 3 is 2.33 bits per heavy atom. The van der Waals surface area contributed by atoms with Crippen LogP contribution in [0.1, 0.15) is 36.5 Å². The van der Waals surface area contributed by atoms with Gasteiger partial charge in [-0.1, -0.05) is 31.5 Å². The van der Waals surface area contributed by atoms with E-state index in [1.807, 2.05) is 13.1 Å². The number of aryl methyl sites for hydroxylation is 2. The molecule has 0 saturated heterocycles. The third kappa shape index (κ3) is 4.61. The Bertz CT molecular complexity index is 560. The van der Waals surface area contributed by atoms with Crippen molar-refractivity contribution in [2.24, 2.45) is 0 Å². The van der Waals surface area contributed by atoms with Gasteiger partial charge < -0.3 is 10.1 Å². The van der Waals surface area contributed by atoms with Gasteiger partial charge in [-0.05, 0) is 67.8 Å². The van der Waals surface area contributed by atoms with Crippen LogP contribution in [0.5, 0.6) is 11.5 Å². The quantitative estimate of drug-likeness (QED) is 0.784. The molecule has 0 aliphatic heterocycles. The standard InChI is InChI=1S/C19H25NO/c1-4-5-6-16-7-10-18(11-8-16)21-19-12-9-17(14-20-3)15(2)13-19/h7-13,20H,4-6,14H2,1-3H3. The molecule has 0 heterocycles. The molecule has 0 aliphatic rings. The fourth-order valence-electron chi connectivity index (χ4n) is 2.36. The monoisotopic (exact) mass is 283 g/mol. The summed E-state index contributed by atoms with van der Waals surface area (Å²) in [5.41, 5.74) is 3.94. The van der Waals surface area contributed by atoms with Crippen LogP contribution >= 0.6 is 0 Å². The maximum Gasteiger partial charge on any atom is 0.127 e. The van der Waals surface area contributed by atoms with Crippen LogP contribution in [-0.2, 0) is 13.0 Å². The van der Waals surface area contributed by atoms with Gasteiger partial charge in [0.2, 0.25) is 0 Å². The van der Waals surface area contributed by atoms with E-state index < -0.39 is 0 Å². The summed E-state index contributed by atoms with van der Waals surface area (Å²) in [5, 5.41) is 3.18. The predicted octanol–water partition coefficient (Wildman–Crippen LogP) is 4.85. The van der Waals surface area contributed by atoms with E-state index in [1.165, 1.54) is 29.5 Å². The van der Waals surface area contributed by atoms with Crippen molar-refractivity contribution in [2.75, 3.05) is 7.05 Å². The van der Waals surface area contributed by atoms with E-state index in [0.717, 1.165) is 24.5 Å². The van der Waals surface area contributed by atoms with Gasteiger partial charge in [-0.2, -0.15) is 0 Å². The van der Waals surface area contributed by atoms with Crippen LogP contribution < -0.4 is 10.1 Å². The first-order chi connectivity index (χ1) is 10.2. The van der Waals surface area contributed by atoms with Crippen molar-refractivity contribution < 1.29 is 4.74 Å². The lowest BCUT2D eigenvalue weighted by Gasteiger charge is -2.10. The zero-order valence-electron chi connectivity index (χ0n) is 13.3. The topological polar surface area (TPSA) is 21.3 Å². The molecule has 0 amide bonds. The van der Waals surface area contributed by atoms with E-state index in [-0.39, 0.29) is 0 Å². The second-order valence-corrected chi connectivity index (χ2v) is 5.47. The number of nitrogens with one attached hydrogen (secondary N) is 1. The zero-order valence-corrected chi connectivity index (χ0v) is 13.3. The molecule has 0 spiro atoms. The molecule has 0 radical (unpaired) electrons. The maximum atomic E-state index is 5.93. The summed E-state index contributed by atoms with van der Waals surface area (Å²) in [6.07, 6.45) is 3.62. The van der Waals surface area contributed by atoms with Gasteiger partial charge >= 0.3 is 0 Å². The Labute approximate surface area is 128 Å². The van der Waals surface area contributed by atoms with E-state index in [4.69, 9.17) is 4.74 Å². The van der Waals surface area contributed by atoms with Crippen molar-refractivity contribution in [1.82, 2.24) is 5.32 Å². The minimum Gasteiger partial charge on any atom is -0.457 e. The highest BCUT2D eigenvalue weighted by Crippen LogP contribution is 2.24. The average molecular weight is 283 g/mol. The lowest BCUT2D eigenvalue weighted by atomic mass is 10.1. The molecule has 0 unspecified atom stereocenters. The third-order valence-electron chi connectivity index (χ3n) is 3.66. The highest BCUT2D eigenvalue weighted by atomic mass is 16.5. The number of hydrogen-bond acceptors (Lipinski definition) is 2. The molecule has 1 N–H and O–H groups in total. The number of ether oxygens (including phenoxy) is 1. The van der Waals surface area contributed by atoms with Crippen LogP contribution in [0.4, 0.5) is 0 Å². The molecule has 2 heteroatoms. The van der Waals surface area contributed by atoms with Crippen molar-refractivity contribution in [2.45, 2.75) is 39.7 Å². The van der Waals surface area contributed by atoms with E-state index >= 15 is 0 Å². The second-order valence-electron chi connectivity index (χ2n) is 5.47. The Balaban J connectivity index is 2.02. The SMILES string of the molecule is CCCCc1ccc(Oc2ccc(CNC)c(C)c2)cc1. The highest BCUT2D eigenvalue weighted by Gasteiger charge is 2.02. The van der Waals surface area contributed by atoms with Crippen molar-refractivity contribution in [3.63, 3.8) is 0 Å². The maximum absolute atomic E-state index is 5.93. The average Bonchev–Trinajstić information content (AvgIpc) is 2.49. The third-order valence-corrected chi connectivity index (χ3v) is 3.66. The lowest BCUT2D eigenvalue weighted by molar-refractivity contribution is 0.481. The summed E-state index contributed by atoms with van der Waals surface area (Å²) in [7, 11) is 1.96. The minimum atomic E-state index is 0.887. The first-order valence-corrected chi connectivity index (χ1v) is 7.74. The van der Waals surface area contributed by atoms with Crippen LogP contribution in [0.15, 0.2) is 42.5 Å². The van der Waals surface area contributed by atoms with Gasteiger partial charge in [0.25, 0.3) is 0 Å². The number of benzene rings is 2. The normalized spacial score (nSPS) is 10.6. The molecule has 2 nitrogen and oxygen atoms in total. The predicted molar refractivity (Wildman–Crippen MR) is 89.1 cm³/mol. The summed E-state index contributed by atoms with van der Waals surface area (Å²) in [6.45, 7) is 5.23. The van der Waals surface area contributed by atoms with Crippen LogP contribution in [0.2, 0.25) is 0 Å². The van der Waals surface area contributed by atoms with Gasteiger partial charge in [0, 0.05) is 6.54 Å². The molecule has 0 aliphatic carbocycles. The molecule has 0 saturated carbocycles. The summed E-state index contributed by atoms with van der Waals surface area (Å²) >= 11 is 0. The Morgan fingerprint density at radius 2 is 1.71 bits per heavy atom. The molecule has 0 atom stereocenters.